The zero-order valence-corrected chi connectivity index (χ0v) is 7.57. The molecular formula is C10H11N3. The van der Waals surface area contributed by atoms with Crippen LogP contribution in [-0.4, -0.2) is 9.97 Å². The van der Waals surface area contributed by atoms with Gasteiger partial charge in [-0.15, -0.1) is 0 Å². The lowest BCUT2D eigenvalue weighted by molar-refractivity contribution is 0.978. The second-order valence-corrected chi connectivity index (χ2v) is 3.09. The number of rotatable bonds is 0. The van der Waals surface area contributed by atoms with Crippen LogP contribution in [0.15, 0.2) is 29.8 Å². The third-order valence-electron chi connectivity index (χ3n) is 2.14. The third-order valence-corrected chi connectivity index (χ3v) is 2.14. The lowest BCUT2D eigenvalue weighted by Crippen LogP contribution is -2.30. The van der Waals surface area contributed by atoms with Crippen molar-refractivity contribution in [1.82, 2.24) is 9.97 Å². The minimum absolute atomic E-state index is 0.781. The van der Waals surface area contributed by atoms with Crippen LogP contribution in [0.2, 0.25) is 0 Å². The zero-order chi connectivity index (χ0) is 9.10. The summed E-state index contributed by atoms with van der Waals surface area (Å²) in [6.45, 7) is 2.11. The standard InChI is InChI=1S/C10H11N3/c1-8-4-2-3-5-12-10-9(8)6-11-7-13-10/h3,5-7H,2,4H2,1H3/b5-3-,9-8-,12-10+. The molecule has 1 aliphatic heterocycles. The summed E-state index contributed by atoms with van der Waals surface area (Å²) in [5.74, 6) is 0. The van der Waals surface area contributed by atoms with E-state index in [1.807, 2.05) is 12.4 Å². The Bertz CT molecular complexity index is 445. The predicted molar refractivity (Wildman–Crippen MR) is 50.3 cm³/mol. The summed E-state index contributed by atoms with van der Waals surface area (Å²) in [6, 6.07) is 0. The lowest BCUT2D eigenvalue weighted by Gasteiger charge is -1.99. The Hall–Kier alpha value is -1.51. The number of allylic oxidation sites excluding steroid dienone is 1. The van der Waals surface area contributed by atoms with E-state index in [-0.39, 0.29) is 0 Å². The Labute approximate surface area is 76.6 Å². The average molecular weight is 173 g/mol. The Morgan fingerprint density at radius 3 is 3.23 bits per heavy atom. The van der Waals surface area contributed by atoms with E-state index in [1.54, 1.807) is 0 Å². The van der Waals surface area contributed by atoms with Gasteiger partial charge >= 0.3 is 0 Å². The van der Waals surface area contributed by atoms with Crippen LogP contribution in [0, 0.1) is 0 Å². The van der Waals surface area contributed by atoms with Crippen LogP contribution in [-0.2, 0) is 0 Å². The van der Waals surface area contributed by atoms with Gasteiger partial charge in [0.2, 0.25) is 0 Å². The van der Waals surface area contributed by atoms with E-state index in [0.29, 0.717) is 0 Å². The molecular weight excluding hydrogens is 162 g/mol. The summed E-state index contributed by atoms with van der Waals surface area (Å²) in [7, 11) is 0. The molecule has 0 fully saturated rings. The van der Waals surface area contributed by atoms with Crippen LogP contribution < -0.4 is 10.7 Å². The lowest BCUT2D eigenvalue weighted by atomic mass is 10.1. The van der Waals surface area contributed by atoms with Gasteiger partial charge < -0.3 is 0 Å². The maximum Gasteiger partial charge on any atom is 0.162 e. The summed E-state index contributed by atoms with van der Waals surface area (Å²) in [4.78, 5) is 12.4. The van der Waals surface area contributed by atoms with Gasteiger partial charge in [-0.3, -0.25) is 0 Å². The minimum Gasteiger partial charge on any atom is -0.244 e. The molecule has 0 unspecified atom stereocenters. The monoisotopic (exact) mass is 173 g/mol. The Balaban J connectivity index is 2.80. The fourth-order valence-corrected chi connectivity index (χ4v) is 1.36. The fourth-order valence-electron chi connectivity index (χ4n) is 1.36. The molecule has 13 heavy (non-hydrogen) atoms. The van der Waals surface area contributed by atoms with Crippen molar-refractivity contribution in [2.24, 2.45) is 4.99 Å². The molecule has 1 aromatic heterocycles. The second kappa shape index (κ2) is 3.47. The van der Waals surface area contributed by atoms with Crippen molar-refractivity contribution in [3.05, 3.63) is 35.5 Å². The normalized spacial score (nSPS) is 24.8. The molecule has 0 saturated carbocycles. The number of aromatic nitrogens is 2. The number of nitrogens with zero attached hydrogens (tertiary/aromatic N) is 3. The van der Waals surface area contributed by atoms with Gasteiger partial charge in [-0.2, -0.15) is 0 Å². The number of hydrogen-bond acceptors (Lipinski definition) is 3. The van der Waals surface area contributed by atoms with Gasteiger partial charge in [0.15, 0.2) is 5.49 Å². The molecule has 2 rings (SSSR count). The molecule has 0 radical (unpaired) electrons. The van der Waals surface area contributed by atoms with Gasteiger partial charge in [0.1, 0.15) is 6.33 Å². The summed E-state index contributed by atoms with van der Waals surface area (Å²) in [5, 5.41) is 1.08. The summed E-state index contributed by atoms with van der Waals surface area (Å²) < 4.78 is 0. The largest absolute Gasteiger partial charge is 0.244 e. The van der Waals surface area contributed by atoms with Crippen molar-refractivity contribution < 1.29 is 0 Å². The molecule has 0 aromatic carbocycles. The van der Waals surface area contributed by atoms with Crippen LogP contribution in [0.3, 0.4) is 0 Å². The first-order valence-corrected chi connectivity index (χ1v) is 4.36. The molecule has 2 heterocycles. The molecule has 0 amide bonds. The van der Waals surface area contributed by atoms with E-state index < -0.39 is 0 Å². The van der Waals surface area contributed by atoms with Crippen LogP contribution in [0.25, 0.3) is 5.57 Å². The quantitative estimate of drug-likeness (QED) is 0.575. The van der Waals surface area contributed by atoms with Gasteiger partial charge in [-0.25, -0.2) is 15.0 Å². The summed E-state index contributed by atoms with van der Waals surface area (Å²) >= 11 is 0. The maximum atomic E-state index is 4.24. The van der Waals surface area contributed by atoms with Gasteiger partial charge in [0, 0.05) is 17.6 Å². The molecule has 3 nitrogen and oxygen atoms in total. The molecule has 0 saturated heterocycles. The highest BCUT2D eigenvalue weighted by Gasteiger charge is 1.96. The van der Waals surface area contributed by atoms with E-state index >= 15 is 0 Å². The highest BCUT2D eigenvalue weighted by molar-refractivity contribution is 5.40. The molecule has 1 aromatic rings. The molecule has 0 aliphatic carbocycles. The highest BCUT2D eigenvalue weighted by Crippen LogP contribution is 2.03. The Morgan fingerprint density at radius 1 is 1.38 bits per heavy atom. The Kier molecular flexibility index (Phi) is 2.17. The molecule has 0 bridgehead atoms. The molecule has 0 N–H and O–H groups in total. The van der Waals surface area contributed by atoms with Crippen LogP contribution >= 0.6 is 0 Å². The molecule has 1 aliphatic rings. The van der Waals surface area contributed by atoms with E-state index in [2.05, 4.69) is 28.0 Å². The van der Waals surface area contributed by atoms with Crippen LogP contribution in [0.4, 0.5) is 0 Å². The van der Waals surface area contributed by atoms with Crippen molar-refractivity contribution in [1.29, 1.82) is 0 Å². The first kappa shape index (κ1) is 8.10. The van der Waals surface area contributed by atoms with Gasteiger partial charge in [0.25, 0.3) is 0 Å². The van der Waals surface area contributed by atoms with Gasteiger partial charge in [-0.05, 0) is 19.8 Å². The van der Waals surface area contributed by atoms with Crippen LogP contribution in [0.5, 0.6) is 0 Å². The number of fused-ring (bicyclic) bond motifs is 1. The van der Waals surface area contributed by atoms with E-state index in [0.717, 1.165) is 23.5 Å². The molecule has 0 spiro atoms. The van der Waals surface area contributed by atoms with Crippen molar-refractivity contribution in [3.8, 4) is 0 Å². The van der Waals surface area contributed by atoms with E-state index in [4.69, 9.17) is 0 Å². The van der Waals surface area contributed by atoms with Gasteiger partial charge in [0.05, 0.1) is 0 Å². The summed E-state index contributed by atoms with van der Waals surface area (Å²) in [5.41, 5.74) is 2.09. The molecule has 66 valence electrons. The van der Waals surface area contributed by atoms with Gasteiger partial charge in [-0.1, -0.05) is 11.6 Å². The van der Waals surface area contributed by atoms with Crippen molar-refractivity contribution in [3.63, 3.8) is 0 Å². The van der Waals surface area contributed by atoms with Crippen molar-refractivity contribution >= 4 is 5.57 Å². The van der Waals surface area contributed by atoms with Crippen LogP contribution in [0.1, 0.15) is 19.8 Å². The average Bonchev–Trinajstić information content (AvgIpc) is 2.14. The SMILES string of the molecule is C\C1=c2/cncn/c2=N/C=C\CC1. The minimum atomic E-state index is 0.781. The first-order valence-electron chi connectivity index (χ1n) is 4.36. The highest BCUT2D eigenvalue weighted by atomic mass is 14.9. The summed E-state index contributed by atoms with van der Waals surface area (Å²) in [6.07, 6.45) is 9.36. The molecule has 3 heteroatoms. The first-order chi connectivity index (χ1) is 6.38. The Morgan fingerprint density at radius 2 is 2.31 bits per heavy atom. The fraction of sp³-hybridized carbons (Fsp3) is 0.300. The van der Waals surface area contributed by atoms with Crippen molar-refractivity contribution in [2.75, 3.05) is 0 Å². The third kappa shape index (κ3) is 1.64. The van der Waals surface area contributed by atoms with E-state index in [1.165, 1.54) is 11.9 Å². The van der Waals surface area contributed by atoms with E-state index in [9.17, 15) is 0 Å². The molecule has 0 atom stereocenters. The maximum absolute atomic E-state index is 4.24. The smallest absolute Gasteiger partial charge is 0.162 e. The second-order valence-electron chi connectivity index (χ2n) is 3.09. The van der Waals surface area contributed by atoms with Crippen molar-refractivity contribution in [2.45, 2.75) is 19.8 Å². The topological polar surface area (TPSA) is 38.1 Å². The zero-order valence-electron chi connectivity index (χ0n) is 7.57. The number of hydrogen-bond donors (Lipinski definition) is 0. The predicted octanol–water partition coefficient (Wildman–Crippen LogP) is 0.574.